The van der Waals surface area contributed by atoms with Crippen LogP contribution in [0.5, 0.6) is 0 Å². The van der Waals surface area contributed by atoms with Crippen LogP contribution in [0.1, 0.15) is 26.3 Å². The van der Waals surface area contributed by atoms with Gasteiger partial charge < -0.3 is 5.11 Å². The molecule has 1 rings (SSSR count). The molecule has 4 heteroatoms. The van der Waals surface area contributed by atoms with Crippen LogP contribution in [0.4, 0.5) is 4.39 Å². The van der Waals surface area contributed by atoms with E-state index in [1.165, 1.54) is 6.07 Å². The highest BCUT2D eigenvalue weighted by Crippen LogP contribution is 2.18. The van der Waals surface area contributed by atoms with Crippen LogP contribution >= 0.6 is 15.9 Å². The summed E-state index contributed by atoms with van der Waals surface area (Å²) in [5, 5.41) is 9.78. The topological polar surface area (TPSA) is 23.5 Å². The Morgan fingerprint density at radius 1 is 1.41 bits per heavy atom. The maximum absolute atomic E-state index is 13.1. The minimum absolute atomic E-state index is 0.251. The molecule has 0 aromatic heterocycles. The second-order valence-corrected chi connectivity index (χ2v) is 5.72. The van der Waals surface area contributed by atoms with Gasteiger partial charge in [0.2, 0.25) is 0 Å². The molecule has 1 aromatic rings. The van der Waals surface area contributed by atoms with Crippen LogP contribution in [0.2, 0.25) is 0 Å². The predicted octanol–water partition coefficient (Wildman–Crippen LogP) is 3.18. The molecule has 0 aliphatic carbocycles. The van der Waals surface area contributed by atoms with Gasteiger partial charge in [0.05, 0.1) is 10.1 Å². The molecule has 0 bridgehead atoms. The molecule has 0 saturated carbocycles. The second-order valence-electron chi connectivity index (χ2n) is 4.86. The molecule has 0 fully saturated rings. The van der Waals surface area contributed by atoms with E-state index in [0.717, 1.165) is 12.1 Å². The molecule has 2 nitrogen and oxygen atoms in total. The first kappa shape index (κ1) is 14.6. The average molecular weight is 304 g/mol. The Morgan fingerprint density at radius 3 is 2.53 bits per heavy atom. The molecule has 0 aliphatic rings. The third-order valence-corrected chi connectivity index (χ3v) is 3.06. The zero-order chi connectivity index (χ0) is 13.1. The van der Waals surface area contributed by atoms with Crippen LogP contribution < -0.4 is 0 Å². The number of rotatable bonds is 5. The molecule has 17 heavy (non-hydrogen) atoms. The summed E-state index contributed by atoms with van der Waals surface area (Å²) in [6.45, 7) is 7.77. The summed E-state index contributed by atoms with van der Waals surface area (Å²) in [5.41, 5.74) is 0.317. The minimum atomic E-state index is -0.715. The summed E-state index contributed by atoms with van der Waals surface area (Å²) in [5.74, 6) is -0.251. The molecule has 0 amide bonds. The Bertz CT molecular complexity index is 376. The SMILES string of the molecule is CCN(Cc1ccc(F)c(Br)c1)CC(C)(C)O. The van der Waals surface area contributed by atoms with Crippen molar-refractivity contribution in [2.24, 2.45) is 0 Å². The van der Waals surface area contributed by atoms with Gasteiger partial charge in [0.15, 0.2) is 0 Å². The van der Waals surface area contributed by atoms with E-state index in [1.54, 1.807) is 26.0 Å². The van der Waals surface area contributed by atoms with E-state index in [2.05, 4.69) is 20.8 Å². The number of halogens is 2. The molecular weight excluding hydrogens is 285 g/mol. The van der Waals surface area contributed by atoms with Crippen LogP contribution in [0.3, 0.4) is 0 Å². The lowest BCUT2D eigenvalue weighted by Gasteiger charge is -2.28. The summed E-state index contributed by atoms with van der Waals surface area (Å²) in [6.07, 6.45) is 0. The van der Waals surface area contributed by atoms with E-state index >= 15 is 0 Å². The summed E-state index contributed by atoms with van der Waals surface area (Å²) < 4.78 is 13.6. The van der Waals surface area contributed by atoms with Gasteiger partial charge in [-0.25, -0.2) is 4.39 Å². The Labute approximate surface area is 111 Å². The minimum Gasteiger partial charge on any atom is -0.389 e. The third kappa shape index (κ3) is 5.15. The third-order valence-electron chi connectivity index (χ3n) is 2.45. The highest BCUT2D eigenvalue weighted by molar-refractivity contribution is 9.10. The molecule has 0 atom stereocenters. The van der Waals surface area contributed by atoms with Gasteiger partial charge in [-0.2, -0.15) is 0 Å². The van der Waals surface area contributed by atoms with E-state index in [1.807, 2.05) is 6.92 Å². The van der Waals surface area contributed by atoms with E-state index in [-0.39, 0.29) is 5.82 Å². The molecule has 0 saturated heterocycles. The number of hydrogen-bond acceptors (Lipinski definition) is 2. The van der Waals surface area contributed by atoms with Gasteiger partial charge in [0.1, 0.15) is 5.82 Å². The normalized spacial score (nSPS) is 12.2. The van der Waals surface area contributed by atoms with Crippen LogP contribution in [0.25, 0.3) is 0 Å². The molecule has 0 unspecified atom stereocenters. The molecule has 1 N–H and O–H groups in total. The van der Waals surface area contributed by atoms with Crippen molar-refractivity contribution in [1.29, 1.82) is 0 Å². The molecule has 0 spiro atoms. The van der Waals surface area contributed by atoms with Gasteiger partial charge in [-0.05, 0) is 54.0 Å². The number of aliphatic hydroxyl groups is 1. The van der Waals surface area contributed by atoms with Crippen molar-refractivity contribution in [2.75, 3.05) is 13.1 Å². The smallest absolute Gasteiger partial charge is 0.137 e. The van der Waals surface area contributed by atoms with Crippen molar-refractivity contribution in [2.45, 2.75) is 32.9 Å². The molecule has 0 radical (unpaired) electrons. The maximum Gasteiger partial charge on any atom is 0.137 e. The summed E-state index contributed by atoms with van der Waals surface area (Å²) >= 11 is 3.18. The zero-order valence-corrected chi connectivity index (χ0v) is 12.1. The van der Waals surface area contributed by atoms with Crippen molar-refractivity contribution < 1.29 is 9.50 Å². The number of hydrogen-bond donors (Lipinski definition) is 1. The zero-order valence-electron chi connectivity index (χ0n) is 10.5. The maximum atomic E-state index is 13.1. The van der Waals surface area contributed by atoms with Gasteiger partial charge in [-0.1, -0.05) is 13.0 Å². The first-order valence-corrected chi connectivity index (χ1v) is 6.50. The van der Waals surface area contributed by atoms with Gasteiger partial charge in [-0.15, -0.1) is 0 Å². The molecule has 96 valence electrons. The fourth-order valence-corrected chi connectivity index (χ4v) is 2.15. The van der Waals surface area contributed by atoms with Crippen molar-refractivity contribution in [3.8, 4) is 0 Å². The van der Waals surface area contributed by atoms with Crippen LogP contribution in [-0.4, -0.2) is 28.7 Å². The highest BCUT2D eigenvalue weighted by atomic mass is 79.9. The molecular formula is C13H19BrFNO. The standard InChI is InChI=1S/C13H19BrFNO/c1-4-16(9-13(2,3)17)8-10-5-6-12(15)11(14)7-10/h5-7,17H,4,8-9H2,1-3H3. The van der Waals surface area contributed by atoms with Gasteiger partial charge in [0.25, 0.3) is 0 Å². The fraction of sp³-hybridized carbons (Fsp3) is 0.538. The van der Waals surface area contributed by atoms with Crippen LogP contribution in [0, 0.1) is 5.82 Å². The first-order chi connectivity index (χ1) is 7.81. The number of likely N-dealkylation sites (N-methyl/N-ethyl adjacent to an activating group) is 1. The Balaban J connectivity index is 2.70. The van der Waals surface area contributed by atoms with Crippen LogP contribution in [0.15, 0.2) is 22.7 Å². The first-order valence-electron chi connectivity index (χ1n) is 5.70. The number of nitrogens with zero attached hydrogens (tertiary/aromatic N) is 1. The quantitative estimate of drug-likeness (QED) is 0.903. The lowest BCUT2D eigenvalue weighted by Crippen LogP contribution is -2.38. The van der Waals surface area contributed by atoms with Crippen molar-refractivity contribution in [1.82, 2.24) is 4.90 Å². The highest BCUT2D eigenvalue weighted by Gasteiger charge is 2.17. The largest absolute Gasteiger partial charge is 0.389 e. The van der Waals surface area contributed by atoms with E-state index in [9.17, 15) is 9.50 Å². The van der Waals surface area contributed by atoms with E-state index < -0.39 is 5.60 Å². The molecule has 0 heterocycles. The molecule has 1 aromatic carbocycles. The van der Waals surface area contributed by atoms with E-state index in [0.29, 0.717) is 17.6 Å². The summed E-state index contributed by atoms with van der Waals surface area (Å²) in [6, 6.07) is 5.01. The van der Waals surface area contributed by atoms with Crippen molar-refractivity contribution in [3.63, 3.8) is 0 Å². The van der Waals surface area contributed by atoms with Crippen molar-refractivity contribution >= 4 is 15.9 Å². The number of benzene rings is 1. The van der Waals surface area contributed by atoms with Gasteiger partial charge >= 0.3 is 0 Å². The average Bonchev–Trinajstić information content (AvgIpc) is 2.20. The Hall–Kier alpha value is -0.450. The van der Waals surface area contributed by atoms with E-state index in [4.69, 9.17) is 0 Å². The predicted molar refractivity (Wildman–Crippen MR) is 71.3 cm³/mol. The van der Waals surface area contributed by atoms with Crippen molar-refractivity contribution in [3.05, 3.63) is 34.1 Å². The lowest BCUT2D eigenvalue weighted by atomic mass is 10.1. The fourth-order valence-electron chi connectivity index (χ4n) is 1.72. The summed E-state index contributed by atoms with van der Waals surface area (Å²) in [4.78, 5) is 2.12. The van der Waals surface area contributed by atoms with Gasteiger partial charge in [0, 0.05) is 13.1 Å². The lowest BCUT2D eigenvalue weighted by molar-refractivity contribution is 0.0353. The Morgan fingerprint density at radius 2 is 2.06 bits per heavy atom. The van der Waals surface area contributed by atoms with Gasteiger partial charge in [-0.3, -0.25) is 4.90 Å². The molecule has 0 aliphatic heterocycles. The monoisotopic (exact) mass is 303 g/mol. The van der Waals surface area contributed by atoms with Crippen LogP contribution in [-0.2, 0) is 6.54 Å². The second kappa shape index (κ2) is 5.94. The Kier molecular flexibility index (Phi) is 5.10. The summed E-state index contributed by atoms with van der Waals surface area (Å²) in [7, 11) is 0.